The molecule has 4 atom stereocenters. The third kappa shape index (κ3) is 10.9. The molecule has 0 aliphatic heterocycles. The summed E-state index contributed by atoms with van der Waals surface area (Å²) in [6.07, 6.45) is 0.853. The normalized spacial score (nSPS) is 14.5. The predicted molar refractivity (Wildman–Crippen MR) is 117 cm³/mol. The number of nitrogens with one attached hydrogen (secondary N) is 3. The van der Waals surface area contributed by atoms with Gasteiger partial charge in [0.1, 0.15) is 18.1 Å². The van der Waals surface area contributed by atoms with Gasteiger partial charge < -0.3 is 38.3 Å². The molecule has 0 saturated carbocycles. The summed E-state index contributed by atoms with van der Waals surface area (Å²) in [6.45, 7) is 3.23. The number of carbonyl (C=O) groups is 6. The largest absolute Gasteiger partial charge is 0.480 e. The second kappa shape index (κ2) is 14.2. The summed E-state index contributed by atoms with van der Waals surface area (Å²) < 4.78 is 0. The molecule has 0 aromatic rings. The van der Waals surface area contributed by atoms with Crippen LogP contribution in [0.15, 0.2) is 0 Å². The zero-order valence-corrected chi connectivity index (χ0v) is 19.1. The molecule has 0 spiro atoms. The number of carboxylic acids is 1. The summed E-state index contributed by atoms with van der Waals surface area (Å²) in [5.41, 5.74) is 15.7. The minimum atomic E-state index is -1.47. The first-order valence-electron chi connectivity index (χ1n) is 9.75. The fourth-order valence-electron chi connectivity index (χ4n) is 2.54. The molecule has 0 radical (unpaired) electrons. The first-order valence-corrected chi connectivity index (χ1v) is 11.1. The Bertz CT molecular complexity index is 718. The van der Waals surface area contributed by atoms with E-state index in [0.717, 1.165) is 0 Å². The van der Waals surface area contributed by atoms with Crippen molar-refractivity contribution in [2.45, 2.75) is 57.3 Å². The summed E-state index contributed by atoms with van der Waals surface area (Å²) in [5, 5.41) is 16.3. The van der Waals surface area contributed by atoms with Crippen LogP contribution in [0.3, 0.4) is 0 Å². The predicted octanol–water partition coefficient (Wildman–Crippen LogP) is -2.99. The van der Waals surface area contributed by atoms with Crippen LogP contribution in [0.1, 0.15) is 33.1 Å². The fraction of sp³-hybridized carbons (Fsp3) is 0.667. The molecule has 0 rings (SSSR count). The second-order valence-electron chi connectivity index (χ2n) is 7.42. The smallest absolute Gasteiger partial charge is 0.326 e. The van der Waals surface area contributed by atoms with Gasteiger partial charge in [0.05, 0.1) is 18.9 Å². The molecular weight excluding hydrogens is 444 g/mol. The van der Waals surface area contributed by atoms with Gasteiger partial charge in [-0.25, -0.2) is 4.79 Å². The van der Waals surface area contributed by atoms with Gasteiger partial charge in [-0.05, 0) is 24.3 Å². The van der Waals surface area contributed by atoms with E-state index in [2.05, 4.69) is 16.0 Å². The highest BCUT2D eigenvalue weighted by molar-refractivity contribution is 7.98. The highest BCUT2D eigenvalue weighted by Crippen LogP contribution is 2.07. The number of hydrogen-bond acceptors (Lipinski definition) is 8. The van der Waals surface area contributed by atoms with E-state index >= 15 is 0 Å². The van der Waals surface area contributed by atoms with Crippen LogP contribution >= 0.6 is 11.8 Å². The van der Waals surface area contributed by atoms with Crippen molar-refractivity contribution in [3.05, 3.63) is 0 Å². The molecule has 0 aromatic heterocycles. The number of rotatable bonds is 15. The Labute approximate surface area is 189 Å². The highest BCUT2D eigenvalue weighted by Gasteiger charge is 2.31. The minimum absolute atomic E-state index is 0.154. The maximum Gasteiger partial charge on any atom is 0.326 e. The monoisotopic (exact) mass is 476 g/mol. The maximum absolute atomic E-state index is 12.7. The third-order valence-corrected chi connectivity index (χ3v) is 4.91. The van der Waals surface area contributed by atoms with Crippen LogP contribution in [-0.4, -0.2) is 76.8 Å². The Kier molecular flexibility index (Phi) is 13.0. The molecule has 0 aliphatic carbocycles. The number of hydrogen-bond donors (Lipinski definition) is 7. The Morgan fingerprint density at radius 2 is 1.34 bits per heavy atom. The van der Waals surface area contributed by atoms with E-state index in [1.165, 1.54) is 11.8 Å². The van der Waals surface area contributed by atoms with Gasteiger partial charge in [0.25, 0.3) is 0 Å². The lowest BCUT2D eigenvalue weighted by molar-refractivity contribution is -0.143. The van der Waals surface area contributed by atoms with E-state index < -0.39 is 78.4 Å². The SMILES string of the molecule is CSCCC(NC(=O)C(CC(N)=O)NC(=O)C(N)CC(N)=O)C(=O)NC(C(=O)O)C(C)C. The van der Waals surface area contributed by atoms with E-state index in [9.17, 15) is 33.9 Å². The molecule has 4 unspecified atom stereocenters. The van der Waals surface area contributed by atoms with Crippen molar-refractivity contribution in [3.63, 3.8) is 0 Å². The van der Waals surface area contributed by atoms with E-state index in [1.54, 1.807) is 20.1 Å². The van der Waals surface area contributed by atoms with E-state index in [-0.39, 0.29) is 6.42 Å². The number of amides is 5. The molecular formula is C18H32N6O7S. The zero-order valence-electron chi connectivity index (χ0n) is 18.3. The van der Waals surface area contributed by atoms with Gasteiger partial charge in [0, 0.05) is 0 Å². The number of primary amides is 2. The number of thioether (sulfide) groups is 1. The van der Waals surface area contributed by atoms with Crippen molar-refractivity contribution in [1.29, 1.82) is 0 Å². The number of carbonyl (C=O) groups excluding carboxylic acids is 5. The molecule has 14 heteroatoms. The van der Waals surface area contributed by atoms with Gasteiger partial charge in [0.15, 0.2) is 0 Å². The van der Waals surface area contributed by atoms with Crippen LogP contribution in [0, 0.1) is 5.92 Å². The van der Waals surface area contributed by atoms with Crippen LogP contribution in [-0.2, 0) is 28.8 Å². The summed E-state index contributed by atoms with van der Waals surface area (Å²) in [5.74, 6) is -5.49. The average Bonchev–Trinajstić information content (AvgIpc) is 2.66. The maximum atomic E-state index is 12.7. The lowest BCUT2D eigenvalue weighted by Crippen LogP contribution is -2.58. The lowest BCUT2D eigenvalue weighted by Gasteiger charge is -2.25. The Morgan fingerprint density at radius 1 is 0.844 bits per heavy atom. The molecule has 0 aliphatic rings. The van der Waals surface area contributed by atoms with Crippen LogP contribution in [0.25, 0.3) is 0 Å². The van der Waals surface area contributed by atoms with Crippen molar-refractivity contribution in [2.75, 3.05) is 12.0 Å². The fourth-order valence-corrected chi connectivity index (χ4v) is 3.01. The third-order valence-electron chi connectivity index (χ3n) is 4.27. The Morgan fingerprint density at radius 3 is 1.78 bits per heavy atom. The van der Waals surface area contributed by atoms with Gasteiger partial charge in [-0.15, -0.1) is 0 Å². The molecule has 32 heavy (non-hydrogen) atoms. The Hall–Kier alpha value is -2.87. The number of carboxylic acid groups (broad SMARTS) is 1. The van der Waals surface area contributed by atoms with Crippen molar-refractivity contribution in [1.82, 2.24) is 16.0 Å². The molecule has 0 fully saturated rings. The summed E-state index contributed by atoms with van der Waals surface area (Å²) in [4.78, 5) is 71.2. The van der Waals surface area contributed by atoms with Gasteiger partial charge in [-0.2, -0.15) is 11.8 Å². The second-order valence-corrected chi connectivity index (χ2v) is 8.41. The molecule has 0 heterocycles. The molecule has 13 nitrogen and oxygen atoms in total. The highest BCUT2D eigenvalue weighted by atomic mass is 32.2. The van der Waals surface area contributed by atoms with Crippen molar-refractivity contribution in [3.8, 4) is 0 Å². The molecule has 0 saturated heterocycles. The molecule has 5 amide bonds. The molecule has 10 N–H and O–H groups in total. The van der Waals surface area contributed by atoms with E-state index in [1.807, 2.05) is 0 Å². The van der Waals surface area contributed by atoms with Crippen LogP contribution in [0.2, 0.25) is 0 Å². The quantitative estimate of drug-likeness (QED) is 0.127. The number of nitrogens with two attached hydrogens (primary N) is 3. The molecule has 0 bridgehead atoms. The van der Waals surface area contributed by atoms with Gasteiger partial charge >= 0.3 is 5.97 Å². The van der Waals surface area contributed by atoms with Crippen molar-refractivity contribution in [2.24, 2.45) is 23.1 Å². The van der Waals surface area contributed by atoms with Gasteiger partial charge in [-0.3, -0.25) is 24.0 Å². The first kappa shape index (κ1) is 29.1. The van der Waals surface area contributed by atoms with E-state index in [4.69, 9.17) is 17.2 Å². The van der Waals surface area contributed by atoms with Crippen LogP contribution in [0.4, 0.5) is 0 Å². The zero-order chi connectivity index (χ0) is 25.0. The van der Waals surface area contributed by atoms with E-state index in [0.29, 0.717) is 5.75 Å². The van der Waals surface area contributed by atoms with Crippen molar-refractivity contribution < 1.29 is 33.9 Å². The van der Waals surface area contributed by atoms with Gasteiger partial charge in [-0.1, -0.05) is 13.8 Å². The standard InChI is InChI=1S/C18H32N6O7S/c1-8(2)14(18(30)31)24-16(28)10(4-5-32-3)22-17(29)11(7-13(21)26)23-15(27)9(19)6-12(20)25/h8-11,14H,4-7,19H2,1-3H3,(H2,20,25)(H2,21,26)(H,22,29)(H,23,27)(H,24,28)(H,30,31). The molecule has 182 valence electrons. The average molecular weight is 477 g/mol. The van der Waals surface area contributed by atoms with Crippen LogP contribution < -0.4 is 33.2 Å². The lowest BCUT2D eigenvalue weighted by atomic mass is 10.0. The van der Waals surface area contributed by atoms with Crippen LogP contribution in [0.5, 0.6) is 0 Å². The minimum Gasteiger partial charge on any atom is -0.480 e. The first-order chi connectivity index (χ1) is 14.8. The summed E-state index contributed by atoms with van der Waals surface area (Å²) in [7, 11) is 0. The van der Waals surface area contributed by atoms with Gasteiger partial charge in [0.2, 0.25) is 29.5 Å². The van der Waals surface area contributed by atoms with Crippen molar-refractivity contribution >= 4 is 47.3 Å². The number of aliphatic carboxylic acids is 1. The summed E-state index contributed by atoms with van der Waals surface area (Å²) in [6, 6.07) is -5.14. The molecule has 0 aromatic carbocycles. The summed E-state index contributed by atoms with van der Waals surface area (Å²) >= 11 is 1.39. The Balaban J connectivity index is 5.48. The topological polar surface area (TPSA) is 237 Å².